The number of nitrogens with one attached hydrogen (secondary N) is 1. The standard InChI is InChI=1S/C8H17NS/c1-4-5-7-9-6-8(2,3)10-7/h7,9H,4-6H2,1-3H3. The third-order valence-electron chi connectivity index (χ3n) is 1.77. The molecule has 60 valence electrons. The Morgan fingerprint density at radius 1 is 1.60 bits per heavy atom. The fraction of sp³-hybridized carbons (Fsp3) is 1.00. The maximum atomic E-state index is 3.51. The molecule has 1 atom stereocenters. The summed E-state index contributed by atoms with van der Waals surface area (Å²) in [6.45, 7) is 8.02. The van der Waals surface area contributed by atoms with Gasteiger partial charge < -0.3 is 5.32 Å². The molecule has 2 heteroatoms. The van der Waals surface area contributed by atoms with E-state index in [1.165, 1.54) is 19.4 Å². The van der Waals surface area contributed by atoms with Crippen LogP contribution in [0, 0.1) is 0 Å². The van der Waals surface area contributed by atoms with E-state index in [4.69, 9.17) is 0 Å². The summed E-state index contributed by atoms with van der Waals surface area (Å²) in [4.78, 5) is 0. The minimum absolute atomic E-state index is 0.472. The molecule has 0 spiro atoms. The van der Waals surface area contributed by atoms with E-state index in [1.54, 1.807) is 0 Å². The van der Waals surface area contributed by atoms with Gasteiger partial charge in [0.05, 0.1) is 5.37 Å². The van der Waals surface area contributed by atoms with Crippen LogP contribution in [0.25, 0.3) is 0 Å². The first-order chi connectivity index (χ1) is 4.64. The number of hydrogen-bond acceptors (Lipinski definition) is 2. The topological polar surface area (TPSA) is 12.0 Å². The zero-order valence-electron chi connectivity index (χ0n) is 7.11. The molecule has 0 radical (unpaired) electrons. The summed E-state index contributed by atoms with van der Waals surface area (Å²) in [5.41, 5.74) is 0. The lowest BCUT2D eigenvalue weighted by atomic mass is 10.2. The SMILES string of the molecule is CCCC1NCC(C)(C)S1. The third-order valence-corrected chi connectivity index (χ3v) is 3.24. The maximum absolute atomic E-state index is 3.51. The van der Waals surface area contributed by atoms with Gasteiger partial charge in [-0.05, 0) is 20.3 Å². The summed E-state index contributed by atoms with van der Waals surface area (Å²) in [7, 11) is 0. The van der Waals surface area contributed by atoms with Gasteiger partial charge in [-0.1, -0.05) is 13.3 Å². The molecule has 0 aliphatic carbocycles. The molecule has 0 aromatic carbocycles. The maximum Gasteiger partial charge on any atom is 0.0538 e. The van der Waals surface area contributed by atoms with E-state index in [9.17, 15) is 0 Å². The van der Waals surface area contributed by atoms with Crippen LogP contribution >= 0.6 is 11.8 Å². The monoisotopic (exact) mass is 159 g/mol. The third kappa shape index (κ3) is 2.17. The molecule has 1 aliphatic heterocycles. The van der Waals surface area contributed by atoms with Crippen molar-refractivity contribution in [3.8, 4) is 0 Å². The van der Waals surface area contributed by atoms with E-state index < -0.39 is 0 Å². The molecule has 0 amide bonds. The van der Waals surface area contributed by atoms with Gasteiger partial charge in [0.15, 0.2) is 0 Å². The highest BCUT2D eigenvalue weighted by atomic mass is 32.2. The fourth-order valence-electron chi connectivity index (χ4n) is 1.25. The van der Waals surface area contributed by atoms with Gasteiger partial charge in [-0.25, -0.2) is 0 Å². The smallest absolute Gasteiger partial charge is 0.0538 e. The van der Waals surface area contributed by atoms with E-state index in [2.05, 4.69) is 37.8 Å². The van der Waals surface area contributed by atoms with Crippen LogP contribution in [0.2, 0.25) is 0 Å². The van der Waals surface area contributed by atoms with Crippen molar-refractivity contribution < 1.29 is 0 Å². The van der Waals surface area contributed by atoms with Crippen molar-refractivity contribution in [2.45, 2.75) is 43.7 Å². The van der Waals surface area contributed by atoms with E-state index in [-0.39, 0.29) is 0 Å². The molecule has 1 unspecified atom stereocenters. The largest absolute Gasteiger partial charge is 0.304 e. The number of rotatable bonds is 2. The molecule has 0 aromatic rings. The second-order valence-corrected chi connectivity index (χ2v) is 5.45. The summed E-state index contributed by atoms with van der Waals surface area (Å²) >= 11 is 2.08. The summed E-state index contributed by atoms with van der Waals surface area (Å²) in [6, 6.07) is 0. The van der Waals surface area contributed by atoms with Gasteiger partial charge in [0.1, 0.15) is 0 Å². The highest BCUT2D eigenvalue weighted by molar-refractivity contribution is 8.01. The van der Waals surface area contributed by atoms with Gasteiger partial charge in [0, 0.05) is 11.3 Å². The van der Waals surface area contributed by atoms with Gasteiger partial charge in [0.25, 0.3) is 0 Å². The molecule has 0 aromatic heterocycles. The lowest BCUT2D eigenvalue weighted by Gasteiger charge is -2.14. The summed E-state index contributed by atoms with van der Waals surface area (Å²) in [6.07, 6.45) is 2.61. The van der Waals surface area contributed by atoms with Crippen molar-refractivity contribution in [3.05, 3.63) is 0 Å². The zero-order chi connectivity index (χ0) is 7.61. The van der Waals surface area contributed by atoms with Crippen LogP contribution in [0.15, 0.2) is 0 Å². The first-order valence-corrected chi connectivity index (χ1v) is 4.93. The van der Waals surface area contributed by atoms with Gasteiger partial charge in [-0.2, -0.15) is 0 Å². The van der Waals surface area contributed by atoms with Crippen LogP contribution in [0.1, 0.15) is 33.6 Å². The predicted octanol–water partition coefficient (Wildman–Crippen LogP) is 2.23. The molecule has 1 saturated heterocycles. The highest BCUT2D eigenvalue weighted by Crippen LogP contribution is 2.34. The van der Waals surface area contributed by atoms with Crippen molar-refractivity contribution in [1.29, 1.82) is 0 Å². The van der Waals surface area contributed by atoms with E-state index in [0.29, 0.717) is 4.75 Å². The Hall–Kier alpha value is 0.310. The Bertz CT molecular complexity index is 112. The Kier molecular flexibility index (Phi) is 2.64. The average molecular weight is 159 g/mol. The van der Waals surface area contributed by atoms with E-state index in [0.717, 1.165) is 5.37 Å². The van der Waals surface area contributed by atoms with Crippen LogP contribution in [-0.2, 0) is 0 Å². The molecule has 1 heterocycles. The normalized spacial score (nSPS) is 30.9. The quantitative estimate of drug-likeness (QED) is 0.663. The minimum atomic E-state index is 0.472. The first kappa shape index (κ1) is 8.41. The first-order valence-electron chi connectivity index (χ1n) is 4.05. The lowest BCUT2D eigenvalue weighted by Crippen LogP contribution is -2.23. The molecule has 1 aliphatic rings. The molecule has 0 saturated carbocycles. The minimum Gasteiger partial charge on any atom is -0.304 e. The van der Waals surface area contributed by atoms with Gasteiger partial charge >= 0.3 is 0 Å². The lowest BCUT2D eigenvalue weighted by molar-refractivity contribution is 0.595. The van der Waals surface area contributed by atoms with Gasteiger partial charge in [-0.15, -0.1) is 11.8 Å². The van der Waals surface area contributed by atoms with Gasteiger partial charge in [0.2, 0.25) is 0 Å². The van der Waals surface area contributed by atoms with Crippen molar-refractivity contribution in [2.24, 2.45) is 0 Å². The number of thioether (sulfide) groups is 1. The van der Waals surface area contributed by atoms with Crippen LogP contribution in [0.4, 0.5) is 0 Å². The van der Waals surface area contributed by atoms with Gasteiger partial charge in [-0.3, -0.25) is 0 Å². The Labute approximate surface area is 68.0 Å². The average Bonchev–Trinajstić information content (AvgIpc) is 2.12. The molecule has 10 heavy (non-hydrogen) atoms. The van der Waals surface area contributed by atoms with Crippen LogP contribution in [-0.4, -0.2) is 16.7 Å². The summed E-state index contributed by atoms with van der Waals surface area (Å²) < 4.78 is 0.472. The molecule has 1 N–H and O–H groups in total. The molecule has 1 fully saturated rings. The van der Waals surface area contributed by atoms with Crippen LogP contribution in [0.3, 0.4) is 0 Å². The highest BCUT2D eigenvalue weighted by Gasteiger charge is 2.30. The second kappa shape index (κ2) is 3.14. The Balaban J connectivity index is 2.29. The molecule has 1 rings (SSSR count). The fourth-order valence-corrected chi connectivity index (χ4v) is 2.71. The summed E-state index contributed by atoms with van der Waals surface area (Å²) in [5.74, 6) is 0. The van der Waals surface area contributed by atoms with Crippen molar-refractivity contribution in [2.75, 3.05) is 6.54 Å². The predicted molar refractivity (Wildman–Crippen MR) is 48.4 cm³/mol. The van der Waals surface area contributed by atoms with Crippen molar-refractivity contribution in [1.82, 2.24) is 5.32 Å². The zero-order valence-corrected chi connectivity index (χ0v) is 7.92. The van der Waals surface area contributed by atoms with E-state index >= 15 is 0 Å². The van der Waals surface area contributed by atoms with Crippen molar-refractivity contribution >= 4 is 11.8 Å². The molecular formula is C8H17NS. The summed E-state index contributed by atoms with van der Waals surface area (Å²) in [5, 5.41) is 4.23. The van der Waals surface area contributed by atoms with E-state index in [1.807, 2.05) is 0 Å². The van der Waals surface area contributed by atoms with Crippen molar-refractivity contribution in [3.63, 3.8) is 0 Å². The Morgan fingerprint density at radius 3 is 2.70 bits per heavy atom. The second-order valence-electron chi connectivity index (χ2n) is 3.54. The Morgan fingerprint density at radius 2 is 2.30 bits per heavy atom. The molecule has 1 nitrogen and oxygen atoms in total. The number of hydrogen-bond donors (Lipinski definition) is 1. The van der Waals surface area contributed by atoms with Crippen LogP contribution < -0.4 is 5.32 Å². The molecular weight excluding hydrogens is 142 g/mol. The van der Waals surface area contributed by atoms with Crippen LogP contribution in [0.5, 0.6) is 0 Å². The molecule has 0 bridgehead atoms.